The first-order valence-electron chi connectivity index (χ1n) is 10.8. The number of β-amino-alcohol motifs (C(OH)–C–C–N with tert-alkyl or cyclic N) is 1. The third-order valence-corrected chi connectivity index (χ3v) is 5.63. The number of benzene rings is 2. The van der Waals surface area contributed by atoms with Crippen molar-refractivity contribution in [3.05, 3.63) is 64.7 Å². The molecule has 0 saturated carbocycles. The van der Waals surface area contributed by atoms with Crippen molar-refractivity contribution in [2.75, 3.05) is 51.2 Å². The number of aliphatic hydroxyl groups is 1. The predicted molar refractivity (Wildman–Crippen MR) is 122 cm³/mol. The molecule has 3 rings (SSSR count). The van der Waals surface area contributed by atoms with Gasteiger partial charge < -0.3 is 15.2 Å². The molecule has 1 amide bonds. The Hall–Kier alpha value is -2.39. The molecule has 1 saturated heterocycles. The molecule has 1 aliphatic rings. The molecule has 1 aliphatic heterocycles. The highest BCUT2D eigenvalue weighted by Gasteiger charge is 2.21. The normalized spacial score (nSPS) is 16.2. The van der Waals surface area contributed by atoms with Crippen molar-refractivity contribution in [2.24, 2.45) is 0 Å². The van der Waals surface area contributed by atoms with E-state index in [0.717, 1.165) is 49.1 Å². The van der Waals surface area contributed by atoms with Crippen LogP contribution in [0.2, 0.25) is 0 Å². The molecule has 0 aliphatic carbocycles. The van der Waals surface area contributed by atoms with Gasteiger partial charge in [0.2, 0.25) is 5.91 Å². The van der Waals surface area contributed by atoms with E-state index in [1.165, 1.54) is 12.1 Å². The predicted octanol–water partition coefficient (Wildman–Crippen LogP) is 2.96. The fraction of sp³-hybridized carbons (Fsp3) is 0.458. The van der Waals surface area contributed by atoms with Gasteiger partial charge in [-0.1, -0.05) is 24.3 Å². The number of hydrogen-bond donors (Lipinski definition) is 2. The van der Waals surface area contributed by atoms with Crippen LogP contribution in [0, 0.1) is 25.5 Å². The summed E-state index contributed by atoms with van der Waals surface area (Å²) >= 11 is 0. The van der Waals surface area contributed by atoms with Crippen molar-refractivity contribution in [1.29, 1.82) is 0 Å². The van der Waals surface area contributed by atoms with E-state index < -0.39 is 17.7 Å². The molecule has 1 heterocycles. The number of rotatable bonds is 9. The number of ether oxygens (including phenoxy) is 1. The quantitative estimate of drug-likeness (QED) is 0.616. The maximum Gasteiger partial charge on any atom is 0.238 e. The zero-order valence-electron chi connectivity index (χ0n) is 18.6. The average molecular weight is 450 g/mol. The summed E-state index contributed by atoms with van der Waals surface area (Å²) in [6.07, 6.45) is -0.711. The van der Waals surface area contributed by atoms with Crippen LogP contribution in [0.15, 0.2) is 36.4 Å². The van der Waals surface area contributed by atoms with E-state index in [1.54, 1.807) is 0 Å². The van der Waals surface area contributed by atoms with Gasteiger partial charge in [-0.3, -0.25) is 14.6 Å². The molecule has 1 unspecified atom stereocenters. The van der Waals surface area contributed by atoms with E-state index in [9.17, 15) is 18.7 Å². The van der Waals surface area contributed by atoms with Crippen LogP contribution >= 0.6 is 0 Å². The van der Waals surface area contributed by atoms with Crippen molar-refractivity contribution < 1.29 is 24.8 Å². The van der Waals surface area contributed by atoms with Gasteiger partial charge in [-0.15, -0.1) is 0 Å². The van der Waals surface area contributed by atoms with E-state index in [4.69, 9.17) is 4.74 Å². The molecule has 2 aromatic carbocycles. The molecule has 0 spiro atoms. The molecule has 32 heavy (non-hydrogen) atoms. The second-order valence-corrected chi connectivity index (χ2v) is 8.30. The first-order valence-corrected chi connectivity index (χ1v) is 10.8. The Kier molecular flexibility index (Phi) is 8.69. The topological polar surface area (TPSA) is 65.0 Å². The molecule has 1 fully saturated rings. The molecule has 2 aromatic rings. The Labute approximate surface area is 189 Å². The summed E-state index contributed by atoms with van der Waals surface area (Å²) in [5.74, 6) is -1.32. The Bertz CT molecular complexity index is 904. The Balaban J connectivity index is 0.00000385. The minimum absolute atomic E-state index is 0. The minimum Gasteiger partial charge on any atom is -0.389 e. The summed E-state index contributed by atoms with van der Waals surface area (Å²) in [5, 5.41) is 13.2. The monoisotopic (exact) mass is 449 g/mol. The van der Waals surface area contributed by atoms with Crippen LogP contribution in [0.1, 0.15) is 18.1 Å². The average Bonchev–Trinajstić information content (AvgIpc) is 2.74. The van der Waals surface area contributed by atoms with Crippen LogP contribution in [0.4, 0.5) is 14.5 Å². The number of amides is 1. The molecular formula is C24H33F2N3O3. The Morgan fingerprint density at radius 3 is 2.44 bits per heavy atom. The SMILES string of the molecule is Cc1cccc(C)c1NC(=O)CN1CCN(CC(O)COCc2ccc(F)cc2F)CC1.[HH]. The summed E-state index contributed by atoms with van der Waals surface area (Å²) in [5.41, 5.74) is 3.22. The van der Waals surface area contributed by atoms with Crippen molar-refractivity contribution in [2.45, 2.75) is 26.6 Å². The van der Waals surface area contributed by atoms with Gasteiger partial charge in [-0.2, -0.15) is 0 Å². The number of anilines is 1. The lowest BCUT2D eigenvalue weighted by Gasteiger charge is -2.35. The van der Waals surface area contributed by atoms with Gasteiger partial charge in [0.05, 0.1) is 25.9 Å². The Morgan fingerprint density at radius 2 is 1.78 bits per heavy atom. The number of aryl methyl sites for hydroxylation is 2. The van der Waals surface area contributed by atoms with Crippen LogP contribution in [-0.2, 0) is 16.1 Å². The molecule has 0 aromatic heterocycles. The zero-order valence-corrected chi connectivity index (χ0v) is 18.6. The maximum absolute atomic E-state index is 13.6. The smallest absolute Gasteiger partial charge is 0.238 e. The molecule has 8 heteroatoms. The number of aliphatic hydroxyl groups excluding tert-OH is 1. The van der Waals surface area contributed by atoms with Gasteiger partial charge in [-0.05, 0) is 31.0 Å². The first-order chi connectivity index (χ1) is 15.3. The number of piperazine rings is 1. The number of hydrogen-bond acceptors (Lipinski definition) is 5. The van der Waals surface area contributed by atoms with Crippen LogP contribution in [0.5, 0.6) is 0 Å². The molecule has 1 atom stereocenters. The highest BCUT2D eigenvalue weighted by atomic mass is 19.1. The first kappa shape index (κ1) is 24.3. The highest BCUT2D eigenvalue weighted by Crippen LogP contribution is 2.19. The highest BCUT2D eigenvalue weighted by molar-refractivity contribution is 5.93. The summed E-state index contributed by atoms with van der Waals surface area (Å²) in [6.45, 7) is 7.70. The minimum atomic E-state index is -0.711. The lowest BCUT2D eigenvalue weighted by atomic mass is 10.1. The largest absolute Gasteiger partial charge is 0.389 e. The van der Waals surface area contributed by atoms with E-state index in [2.05, 4.69) is 15.1 Å². The van der Waals surface area contributed by atoms with Gasteiger partial charge in [-0.25, -0.2) is 8.78 Å². The number of halogens is 2. The van der Waals surface area contributed by atoms with E-state index >= 15 is 0 Å². The van der Waals surface area contributed by atoms with Gasteiger partial charge in [0.15, 0.2) is 0 Å². The summed E-state index contributed by atoms with van der Waals surface area (Å²) in [4.78, 5) is 16.7. The lowest BCUT2D eigenvalue weighted by molar-refractivity contribution is -0.117. The van der Waals surface area contributed by atoms with Gasteiger partial charge in [0.25, 0.3) is 0 Å². The van der Waals surface area contributed by atoms with Crippen LogP contribution in [0.3, 0.4) is 0 Å². The second-order valence-electron chi connectivity index (χ2n) is 8.30. The molecular weight excluding hydrogens is 416 g/mol. The van der Waals surface area contributed by atoms with Crippen LogP contribution in [0.25, 0.3) is 0 Å². The number of nitrogens with zero attached hydrogens (tertiary/aromatic N) is 2. The standard InChI is InChI=1S/C24H31F2N3O3.H2/c1-17-4-3-5-18(2)24(17)27-23(31)14-29-10-8-28(9-11-29)13-21(30)16-32-15-19-6-7-20(25)12-22(19)26;/h3-7,12,21,30H,8-11,13-16H2,1-2H3,(H,27,31);1H. The van der Waals surface area contributed by atoms with Crippen molar-refractivity contribution in [1.82, 2.24) is 9.80 Å². The summed E-state index contributed by atoms with van der Waals surface area (Å²) < 4.78 is 31.9. The molecule has 0 bridgehead atoms. The zero-order chi connectivity index (χ0) is 23.1. The van der Waals surface area contributed by atoms with Gasteiger partial charge in [0.1, 0.15) is 11.6 Å². The van der Waals surface area contributed by atoms with Crippen molar-refractivity contribution >= 4 is 11.6 Å². The van der Waals surface area contributed by atoms with Crippen LogP contribution in [-0.4, -0.2) is 72.8 Å². The van der Waals surface area contributed by atoms with Crippen molar-refractivity contribution in [3.8, 4) is 0 Å². The van der Waals surface area contributed by atoms with E-state index in [1.807, 2.05) is 32.0 Å². The van der Waals surface area contributed by atoms with Crippen molar-refractivity contribution in [3.63, 3.8) is 0 Å². The van der Waals surface area contributed by atoms with Crippen LogP contribution < -0.4 is 5.32 Å². The molecule has 2 N–H and O–H groups in total. The van der Waals surface area contributed by atoms with E-state index in [-0.39, 0.29) is 26.1 Å². The van der Waals surface area contributed by atoms with Gasteiger partial charge in [0, 0.05) is 51.5 Å². The second kappa shape index (κ2) is 11.5. The number of nitrogens with one attached hydrogen (secondary N) is 1. The Morgan fingerprint density at radius 1 is 1.12 bits per heavy atom. The molecule has 0 radical (unpaired) electrons. The number of para-hydroxylation sites is 1. The number of carbonyl (C=O) groups excluding carboxylic acids is 1. The summed E-state index contributed by atoms with van der Waals surface area (Å²) in [6, 6.07) is 9.27. The molecule has 176 valence electrons. The third-order valence-electron chi connectivity index (χ3n) is 5.63. The molecule has 6 nitrogen and oxygen atoms in total. The number of carbonyl (C=O) groups is 1. The van der Waals surface area contributed by atoms with Gasteiger partial charge >= 0.3 is 0 Å². The fourth-order valence-corrected chi connectivity index (χ4v) is 3.82. The summed E-state index contributed by atoms with van der Waals surface area (Å²) in [7, 11) is 0. The fourth-order valence-electron chi connectivity index (χ4n) is 3.82. The lowest BCUT2D eigenvalue weighted by Crippen LogP contribution is -2.50. The maximum atomic E-state index is 13.6. The van der Waals surface area contributed by atoms with E-state index in [0.29, 0.717) is 13.1 Å². The third kappa shape index (κ3) is 7.06.